The fourth-order valence-electron chi connectivity index (χ4n) is 1.82. The average molecular weight is 223 g/mol. The third kappa shape index (κ3) is 1.72. The molecule has 1 aliphatic heterocycles. The number of aromatic nitrogens is 1. The summed E-state index contributed by atoms with van der Waals surface area (Å²) in [6.45, 7) is 0. The summed E-state index contributed by atoms with van der Waals surface area (Å²) in [7, 11) is 0. The number of rotatable bonds is 1. The summed E-state index contributed by atoms with van der Waals surface area (Å²) >= 11 is 0. The lowest BCUT2D eigenvalue weighted by molar-refractivity contribution is 0.125. The molecule has 4 heteroatoms. The molecule has 0 bridgehead atoms. The number of oxime groups is 1. The predicted molar refractivity (Wildman–Crippen MR) is 63.4 cm³/mol. The van der Waals surface area contributed by atoms with Crippen molar-refractivity contribution < 1.29 is 4.84 Å². The zero-order valence-corrected chi connectivity index (χ0v) is 9.00. The van der Waals surface area contributed by atoms with E-state index in [1.54, 1.807) is 0 Å². The first-order valence-electron chi connectivity index (χ1n) is 5.35. The number of hydrogen-bond donors (Lipinski definition) is 0. The van der Waals surface area contributed by atoms with E-state index in [-0.39, 0.29) is 0 Å². The molecule has 0 fully saturated rings. The van der Waals surface area contributed by atoms with E-state index in [9.17, 15) is 0 Å². The molecule has 0 radical (unpaired) electrons. The van der Waals surface area contributed by atoms with Gasteiger partial charge in [0.25, 0.3) is 0 Å². The molecule has 2 aromatic rings. The Morgan fingerprint density at radius 3 is 2.94 bits per heavy atom. The van der Waals surface area contributed by atoms with Crippen molar-refractivity contribution in [1.29, 1.82) is 5.26 Å². The van der Waals surface area contributed by atoms with Crippen LogP contribution in [0.25, 0.3) is 10.9 Å². The lowest BCUT2D eigenvalue weighted by Gasteiger charge is -2.00. The van der Waals surface area contributed by atoms with Crippen molar-refractivity contribution in [2.75, 3.05) is 0 Å². The van der Waals surface area contributed by atoms with Gasteiger partial charge in [0.2, 0.25) is 6.10 Å². The Hall–Kier alpha value is -2.41. The average Bonchev–Trinajstić information content (AvgIpc) is 2.87. The number of nitrogens with zero attached hydrogens (tertiary/aromatic N) is 3. The quantitative estimate of drug-likeness (QED) is 0.745. The summed E-state index contributed by atoms with van der Waals surface area (Å²) < 4.78 is 0. The Kier molecular flexibility index (Phi) is 2.23. The molecule has 1 unspecified atom stereocenters. The topological polar surface area (TPSA) is 58.3 Å². The van der Waals surface area contributed by atoms with Crippen LogP contribution in [-0.4, -0.2) is 16.8 Å². The molecule has 0 amide bonds. The summed E-state index contributed by atoms with van der Waals surface area (Å²) in [5, 5.41) is 13.7. The number of benzene rings is 1. The molecule has 3 rings (SSSR count). The SMILES string of the molecule is N#CC1CC(c2ccc3ccccc3n2)=NO1. The van der Waals surface area contributed by atoms with Gasteiger partial charge in [-0.2, -0.15) is 5.26 Å². The van der Waals surface area contributed by atoms with Crippen LogP contribution in [-0.2, 0) is 4.84 Å². The van der Waals surface area contributed by atoms with E-state index in [4.69, 9.17) is 10.1 Å². The Labute approximate surface area is 98.1 Å². The van der Waals surface area contributed by atoms with Crippen molar-refractivity contribution in [3.05, 3.63) is 42.1 Å². The van der Waals surface area contributed by atoms with Gasteiger partial charge in [-0.3, -0.25) is 0 Å². The lowest BCUT2D eigenvalue weighted by Crippen LogP contribution is -2.06. The van der Waals surface area contributed by atoms with Gasteiger partial charge in [-0.1, -0.05) is 29.4 Å². The van der Waals surface area contributed by atoms with Crippen LogP contribution in [0.1, 0.15) is 12.1 Å². The first-order chi connectivity index (χ1) is 8.36. The van der Waals surface area contributed by atoms with Crippen molar-refractivity contribution >= 4 is 16.6 Å². The molecule has 1 aromatic carbocycles. The van der Waals surface area contributed by atoms with Gasteiger partial charge in [0.05, 0.1) is 11.2 Å². The molecule has 0 saturated carbocycles. The Morgan fingerprint density at radius 2 is 2.12 bits per heavy atom. The summed E-state index contributed by atoms with van der Waals surface area (Å²) in [6.07, 6.45) is 0.0280. The highest BCUT2D eigenvalue weighted by molar-refractivity contribution is 6.01. The van der Waals surface area contributed by atoms with Gasteiger partial charge in [-0.25, -0.2) is 4.98 Å². The number of hydrogen-bond acceptors (Lipinski definition) is 4. The summed E-state index contributed by atoms with van der Waals surface area (Å²) in [6, 6.07) is 13.8. The Morgan fingerprint density at radius 1 is 1.24 bits per heavy atom. The van der Waals surface area contributed by atoms with E-state index in [1.807, 2.05) is 42.5 Å². The zero-order chi connectivity index (χ0) is 11.7. The second-order valence-corrected chi connectivity index (χ2v) is 3.85. The monoisotopic (exact) mass is 223 g/mol. The van der Waals surface area contributed by atoms with Crippen molar-refractivity contribution in [3.8, 4) is 6.07 Å². The molecule has 0 aliphatic carbocycles. The molecule has 1 aromatic heterocycles. The second kappa shape index (κ2) is 3.87. The number of para-hydroxylation sites is 1. The standard InChI is InChI=1S/C13H9N3O/c14-8-10-7-13(16-17-10)12-6-5-9-3-1-2-4-11(9)15-12/h1-6,10H,7H2. The smallest absolute Gasteiger partial charge is 0.218 e. The van der Waals surface area contributed by atoms with E-state index < -0.39 is 6.10 Å². The summed E-state index contributed by atoms with van der Waals surface area (Å²) in [5.41, 5.74) is 2.44. The second-order valence-electron chi connectivity index (χ2n) is 3.85. The highest BCUT2D eigenvalue weighted by atomic mass is 16.6. The van der Waals surface area contributed by atoms with Crippen molar-refractivity contribution in [1.82, 2.24) is 4.98 Å². The van der Waals surface area contributed by atoms with E-state index in [2.05, 4.69) is 10.1 Å². The van der Waals surface area contributed by atoms with Gasteiger partial charge in [-0.15, -0.1) is 0 Å². The van der Waals surface area contributed by atoms with E-state index >= 15 is 0 Å². The van der Waals surface area contributed by atoms with E-state index in [0.717, 1.165) is 22.3 Å². The van der Waals surface area contributed by atoms with Gasteiger partial charge in [0.1, 0.15) is 11.8 Å². The number of fused-ring (bicyclic) bond motifs is 1. The largest absolute Gasteiger partial charge is 0.376 e. The minimum atomic E-state index is -0.474. The third-order valence-electron chi connectivity index (χ3n) is 2.71. The predicted octanol–water partition coefficient (Wildman–Crippen LogP) is 2.25. The van der Waals surface area contributed by atoms with Gasteiger partial charge in [-0.05, 0) is 12.1 Å². The number of nitriles is 1. The summed E-state index contributed by atoms with van der Waals surface area (Å²) in [5.74, 6) is 0. The fourth-order valence-corrected chi connectivity index (χ4v) is 1.82. The highest BCUT2D eigenvalue weighted by Crippen LogP contribution is 2.17. The van der Waals surface area contributed by atoms with Crippen LogP contribution in [0.5, 0.6) is 0 Å². The highest BCUT2D eigenvalue weighted by Gasteiger charge is 2.22. The maximum Gasteiger partial charge on any atom is 0.218 e. The van der Waals surface area contributed by atoms with Crippen LogP contribution in [0, 0.1) is 11.3 Å². The first kappa shape index (κ1) is 9.79. The van der Waals surface area contributed by atoms with Gasteiger partial charge in [0.15, 0.2) is 0 Å². The normalized spacial score (nSPS) is 18.5. The van der Waals surface area contributed by atoms with Gasteiger partial charge in [0, 0.05) is 11.8 Å². The van der Waals surface area contributed by atoms with Crippen LogP contribution in [0.3, 0.4) is 0 Å². The Balaban J connectivity index is 2.00. The van der Waals surface area contributed by atoms with Gasteiger partial charge >= 0.3 is 0 Å². The van der Waals surface area contributed by atoms with Crippen LogP contribution in [0.2, 0.25) is 0 Å². The van der Waals surface area contributed by atoms with Crippen LogP contribution < -0.4 is 0 Å². The number of pyridine rings is 1. The first-order valence-corrected chi connectivity index (χ1v) is 5.35. The lowest BCUT2D eigenvalue weighted by atomic mass is 10.1. The summed E-state index contributed by atoms with van der Waals surface area (Å²) in [4.78, 5) is 9.47. The van der Waals surface area contributed by atoms with Gasteiger partial charge < -0.3 is 4.84 Å². The molecule has 4 nitrogen and oxygen atoms in total. The molecule has 1 atom stereocenters. The maximum atomic E-state index is 8.73. The molecule has 1 aliphatic rings. The molecule has 0 spiro atoms. The van der Waals surface area contributed by atoms with E-state index in [0.29, 0.717) is 6.42 Å². The Bertz CT molecular complexity index is 642. The van der Waals surface area contributed by atoms with Crippen molar-refractivity contribution in [2.24, 2.45) is 5.16 Å². The molecule has 0 N–H and O–H groups in total. The molecular weight excluding hydrogens is 214 g/mol. The maximum absolute atomic E-state index is 8.73. The zero-order valence-electron chi connectivity index (χ0n) is 9.00. The van der Waals surface area contributed by atoms with Crippen molar-refractivity contribution in [2.45, 2.75) is 12.5 Å². The molecule has 17 heavy (non-hydrogen) atoms. The minimum Gasteiger partial charge on any atom is -0.376 e. The minimum absolute atomic E-state index is 0.474. The van der Waals surface area contributed by atoms with Crippen LogP contribution in [0.15, 0.2) is 41.6 Å². The van der Waals surface area contributed by atoms with Crippen LogP contribution in [0.4, 0.5) is 0 Å². The molecular formula is C13H9N3O. The third-order valence-corrected chi connectivity index (χ3v) is 2.71. The molecule has 0 saturated heterocycles. The van der Waals surface area contributed by atoms with Crippen LogP contribution >= 0.6 is 0 Å². The van der Waals surface area contributed by atoms with Crippen molar-refractivity contribution in [3.63, 3.8) is 0 Å². The molecule has 2 heterocycles. The molecule has 82 valence electrons. The van der Waals surface area contributed by atoms with E-state index in [1.165, 1.54) is 0 Å². The fraction of sp³-hybridized carbons (Fsp3) is 0.154.